The average Bonchev–Trinajstić information content (AvgIpc) is 2.75. The molecule has 2 N–H and O–H groups in total. The first kappa shape index (κ1) is 14.6. The summed E-state index contributed by atoms with van der Waals surface area (Å²) in [4.78, 5) is 11.5. The molecule has 5 heteroatoms. The predicted molar refractivity (Wildman–Crippen MR) is 72.5 cm³/mol. The number of hydrogen-bond acceptors (Lipinski definition) is 3. The number of thioether (sulfide) groups is 1. The van der Waals surface area contributed by atoms with Gasteiger partial charge in [-0.25, -0.2) is 4.79 Å². The summed E-state index contributed by atoms with van der Waals surface area (Å²) >= 11 is 1.73. The molecular formula is C12H24N2O2S. The molecule has 1 fully saturated rings. The summed E-state index contributed by atoms with van der Waals surface area (Å²) in [5, 5.41) is 5.77. The van der Waals surface area contributed by atoms with Crippen LogP contribution >= 0.6 is 11.8 Å². The van der Waals surface area contributed by atoms with Crippen molar-refractivity contribution >= 4 is 17.8 Å². The maximum absolute atomic E-state index is 11.5. The molecular weight excluding hydrogens is 236 g/mol. The number of urea groups is 1. The zero-order valence-corrected chi connectivity index (χ0v) is 11.8. The van der Waals surface area contributed by atoms with Gasteiger partial charge in [0.1, 0.15) is 0 Å². The van der Waals surface area contributed by atoms with Gasteiger partial charge in [0.2, 0.25) is 0 Å². The largest absolute Gasteiger partial charge is 0.378 e. The van der Waals surface area contributed by atoms with E-state index in [1.807, 2.05) is 6.26 Å². The zero-order valence-electron chi connectivity index (χ0n) is 11.0. The van der Waals surface area contributed by atoms with Crippen molar-refractivity contribution in [2.24, 2.45) is 11.8 Å². The molecule has 0 aromatic carbocycles. The van der Waals surface area contributed by atoms with Crippen molar-refractivity contribution in [3.05, 3.63) is 0 Å². The second-order valence-corrected chi connectivity index (χ2v) is 5.74. The van der Waals surface area contributed by atoms with E-state index < -0.39 is 0 Å². The van der Waals surface area contributed by atoms with Gasteiger partial charge in [0, 0.05) is 31.4 Å². The van der Waals surface area contributed by atoms with Crippen LogP contribution in [-0.4, -0.2) is 43.8 Å². The number of carbonyl (C=O) groups excluding carboxylic acids is 1. The summed E-state index contributed by atoms with van der Waals surface area (Å²) in [5.41, 5.74) is 0. The fraction of sp³-hybridized carbons (Fsp3) is 0.917. The summed E-state index contributed by atoms with van der Waals surface area (Å²) in [6.07, 6.45) is 3.37. The van der Waals surface area contributed by atoms with Gasteiger partial charge >= 0.3 is 6.03 Å². The maximum Gasteiger partial charge on any atom is 0.314 e. The number of amides is 2. The Morgan fingerprint density at radius 2 is 2.24 bits per heavy atom. The second-order valence-electron chi connectivity index (χ2n) is 4.76. The Labute approximate surface area is 108 Å². The molecule has 0 aromatic heterocycles. The average molecular weight is 260 g/mol. The van der Waals surface area contributed by atoms with E-state index in [0.29, 0.717) is 24.5 Å². The van der Waals surface area contributed by atoms with E-state index in [1.165, 1.54) is 0 Å². The topological polar surface area (TPSA) is 50.4 Å². The number of hydrogen-bond donors (Lipinski definition) is 2. The van der Waals surface area contributed by atoms with Crippen molar-refractivity contribution < 1.29 is 9.53 Å². The number of nitrogens with one attached hydrogen (secondary N) is 2. The Hall–Kier alpha value is -0.420. The van der Waals surface area contributed by atoms with Gasteiger partial charge in [0.25, 0.3) is 0 Å². The van der Waals surface area contributed by atoms with E-state index >= 15 is 0 Å². The van der Waals surface area contributed by atoms with Crippen LogP contribution in [-0.2, 0) is 4.74 Å². The minimum atomic E-state index is -0.0616. The summed E-state index contributed by atoms with van der Waals surface area (Å²) in [6, 6.07) is -0.0616. The highest BCUT2D eigenvalue weighted by Gasteiger charge is 2.30. The zero-order chi connectivity index (χ0) is 12.7. The lowest BCUT2D eigenvalue weighted by atomic mass is 9.93. The molecule has 0 bridgehead atoms. The first-order valence-corrected chi connectivity index (χ1v) is 7.66. The molecule has 100 valence electrons. The van der Waals surface area contributed by atoms with Crippen molar-refractivity contribution in [3.8, 4) is 0 Å². The molecule has 0 aliphatic carbocycles. The summed E-state index contributed by atoms with van der Waals surface area (Å²) in [5.74, 6) is 1.93. The number of rotatable bonds is 6. The van der Waals surface area contributed by atoms with Crippen LogP contribution in [0.5, 0.6) is 0 Å². The van der Waals surface area contributed by atoms with Gasteiger partial charge < -0.3 is 15.4 Å². The molecule has 0 spiro atoms. The summed E-state index contributed by atoms with van der Waals surface area (Å²) in [6.45, 7) is 6.60. The van der Waals surface area contributed by atoms with Crippen LogP contribution in [0.4, 0.5) is 4.79 Å². The molecule has 1 heterocycles. The molecule has 0 radical (unpaired) electrons. The lowest BCUT2D eigenvalue weighted by Gasteiger charge is -2.22. The molecule has 2 atom stereocenters. The van der Waals surface area contributed by atoms with Gasteiger partial charge in [-0.2, -0.15) is 11.8 Å². The van der Waals surface area contributed by atoms with E-state index in [4.69, 9.17) is 4.74 Å². The molecule has 2 amide bonds. The predicted octanol–water partition coefficient (Wildman–Crippen LogP) is 1.71. The van der Waals surface area contributed by atoms with Gasteiger partial charge in [-0.3, -0.25) is 0 Å². The molecule has 1 aliphatic heterocycles. The Morgan fingerprint density at radius 1 is 1.47 bits per heavy atom. The fourth-order valence-corrected chi connectivity index (χ4v) is 2.47. The molecule has 1 rings (SSSR count). The number of ether oxygens (including phenoxy) is 1. The highest BCUT2D eigenvalue weighted by molar-refractivity contribution is 7.98. The van der Waals surface area contributed by atoms with Crippen molar-refractivity contribution in [3.63, 3.8) is 0 Å². The van der Waals surface area contributed by atoms with Gasteiger partial charge in [0.15, 0.2) is 0 Å². The molecule has 0 unspecified atom stereocenters. The highest BCUT2D eigenvalue weighted by Crippen LogP contribution is 2.25. The standard InChI is InChI=1S/C12H24N2O2S/c1-9(2)11-10(4-6-16-11)8-14-12(15)13-5-7-17-3/h9-11H,4-8H2,1-3H3,(H2,13,14,15)/t10-,11-/m1/s1. The summed E-state index contributed by atoms with van der Waals surface area (Å²) in [7, 11) is 0. The third-order valence-electron chi connectivity index (χ3n) is 3.04. The highest BCUT2D eigenvalue weighted by atomic mass is 32.2. The maximum atomic E-state index is 11.5. The fourth-order valence-electron chi connectivity index (χ4n) is 2.16. The van der Waals surface area contributed by atoms with E-state index in [1.54, 1.807) is 11.8 Å². The number of carbonyl (C=O) groups is 1. The van der Waals surface area contributed by atoms with Crippen LogP contribution in [0.2, 0.25) is 0 Å². The van der Waals surface area contributed by atoms with Gasteiger partial charge in [-0.15, -0.1) is 0 Å². The van der Waals surface area contributed by atoms with Crippen molar-refractivity contribution in [1.82, 2.24) is 10.6 Å². The van der Waals surface area contributed by atoms with Crippen molar-refractivity contribution in [2.45, 2.75) is 26.4 Å². The molecule has 0 saturated carbocycles. The third kappa shape index (κ3) is 5.17. The summed E-state index contributed by atoms with van der Waals surface area (Å²) < 4.78 is 5.68. The minimum absolute atomic E-state index is 0.0616. The normalized spacial score (nSPS) is 24.0. The molecule has 0 aromatic rings. The van der Waals surface area contributed by atoms with Gasteiger partial charge in [0.05, 0.1) is 6.10 Å². The van der Waals surface area contributed by atoms with E-state index in [2.05, 4.69) is 24.5 Å². The molecule has 4 nitrogen and oxygen atoms in total. The van der Waals surface area contributed by atoms with Crippen LogP contribution in [0.15, 0.2) is 0 Å². The smallest absolute Gasteiger partial charge is 0.314 e. The minimum Gasteiger partial charge on any atom is -0.378 e. The Kier molecular flexibility index (Phi) is 6.73. The second kappa shape index (κ2) is 7.82. The SMILES string of the molecule is CSCCNC(=O)NC[C@H]1CCO[C@@H]1C(C)C. The van der Waals surface area contributed by atoms with Gasteiger partial charge in [-0.05, 0) is 18.6 Å². The van der Waals surface area contributed by atoms with Crippen LogP contribution in [0.25, 0.3) is 0 Å². The lowest BCUT2D eigenvalue weighted by Crippen LogP contribution is -2.41. The first-order chi connectivity index (χ1) is 8.15. The van der Waals surface area contributed by atoms with Crippen LogP contribution in [0.3, 0.4) is 0 Å². The van der Waals surface area contributed by atoms with Crippen molar-refractivity contribution in [1.29, 1.82) is 0 Å². The third-order valence-corrected chi connectivity index (χ3v) is 3.65. The van der Waals surface area contributed by atoms with E-state index in [-0.39, 0.29) is 6.03 Å². The molecule has 1 aliphatic rings. The van der Waals surface area contributed by atoms with Gasteiger partial charge in [-0.1, -0.05) is 13.8 Å². The van der Waals surface area contributed by atoms with Crippen LogP contribution < -0.4 is 10.6 Å². The lowest BCUT2D eigenvalue weighted by molar-refractivity contribution is 0.0545. The Morgan fingerprint density at radius 3 is 2.88 bits per heavy atom. The monoisotopic (exact) mass is 260 g/mol. The van der Waals surface area contributed by atoms with Crippen LogP contribution in [0.1, 0.15) is 20.3 Å². The van der Waals surface area contributed by atoms with E-state index in [9.17, 15) is 4.79 Å². The van der Waals surface area contributed by atoms with Crippen molar-refractivity contribution in [2.75, 3.05) is 31.7 Å². The Balaban J connectivity index is 2.18. The molecule has 17 heavy (non-hydrogen) atoms. The first-order valence-electron chi connectivity index (χ1n) is 6.27. The van der Waals surface area contributed by atoms with Crippen LogP contribution in [0, 0.1) is 11.8 Å². The Bertz CT molecular complexity index is 237. The van der Waals surface area contributed by atoms with E-state index in [0.717, 1.165) is 25.3 Å². The molecule has 1 saturated heterocycles. The quantitative estimate of drug-likeness (QED) is 0.715.